The van der Waals surface area contributed by atoms with Crippen LogP contribution in [0.1, 0.15) is 5.01 Å². The summed E-state index contributed by atoms with van der Waals surface area (Å²) in [5, 5.41) is 22.8. The fraction of sp³-hybridized carbons (Fsp3) is 0.500. The maximum absolute atomic E-state index is 10.3. The van der Waals surface area contributed by atoms with Gasteiger partial charge in [-0.05, 0) is 6.26 Å². The Kier molecular flexibility index (Phi) is 6.83. The Bertz CT molecular complexity index is 423. The van der Waals surface area contributed by atoms with E-state index in [0.29, 0.717) is 16.7 Å². The minimum Gasteiger partial charge on any atom is -0.374 e. The molecule has 1 heterocycles. The summed E-state index contributed by atoms with van der Waals surface area (Å²) in [6.45, 7) is 0.666. The van der Waals surface area contributed by atoms with E-state index in [1.807, 2.05) is 0 Å². The number of nitro groups is 1. The summed E-state index contributed by atoms with van der Waals surface area (Å²) in [4.78, 5) is 9.83. The number of nitrogens with one attached hydrogen (secondary N) is 1. The van der Waals surface area contributed by atoms with Gasteiger partial charge in [0.05, 0.1) is 4.92 Å². The van der Waals surface area contributed by atoms with E-state index in [4.69, 9.17) is 5.73 Å². The van der Waals surface area contributed by atoms with Crippen molar-refractivity contribution in [2.24, 2.45) is 0 Å². The molecule has 0 atom stereocenters. The predicted molar refractivity (Wildman–Crippen MR) is 77.1 cm³/mol. The van der Waals surface area contributed by atoms with Gasteiger partial charge >= 0.3 is 0 Å². The molecular weight excluding hydrogens is 294 g/mol. The van der Waals surface area contributed by atoms with Crippen LogP contribution in [0.25, 0.3) is 0 Å². The maximum Gasteiger partial charge on any atom is 0.263 e. The van der Waals surface area contributed by atoms with Gasteiger partial charge < -0.3 is 11.1 Å². The van der Waals surface area contributed by atoms with Crippen LogP contribution in [0.2, 0.25) is 0 Å². The molecule has 0 aliphatic carbocycles. The van der Waals surface area contributed by atoms with Crippen molar-refractivity contribution in [1.29, 1.82) is 0 Å². The molecular formula is C8H13N5O2S3. The molecule has 100 valence electrons. The smallest absolute Gasteiger partial charge is 0.263 e. The lowest BCUT2D eigenvalue weighted by Gasteiger charge is -2.04. The van der Waals surface area contributed by atoms with E-state index in [-0.39, 0.29) is 0 Å². The first kappa shape index (κ1) is 15.1. The van der Waals surface area contributed by atoms with Gasteiger partial charge in [0.1, 0.15) is 10.0 Å². The third kappa shape index (κ3) is 6.07. The number of hydrogen-bond acceptors (Lipinski definition) is 9. The SMILES string of the molecule is CSC(=C[N+](=O)[O-])NCCSCc1nnc(N)s1. The highest BCUT2D eigenvalue weighted by molar-refractivity contribution is 8.02. The molecule has 0 aromatic carbocycles. The van der Waals surface area contributed by atoms with Gasteiger partial charge in [-0.25, -0.2) is 0 Å². The van der Waals surface area contributed by atoms with Gasteiger partial charge in [-0.1, -0.05) is 11.3 Å². The molecule has 0 saturated carbocycles. The normalized spacial score (nSPS) is 11.5. The van der Waals surface area contributed by atoms with E-state index in [1.165, 1.54) is 23.1 Å². The molecule has 1 aromatic heterocycles. The zero-order valence-electron chi connectivity index (χ0n) is 9.66. The molecule has 0 amide bonds. The van der Waals surface area contributed by atoms with Crippen LogP contribution in [0.4, 0.5) is 5.13 Å². The van der Waals surface area contributed by atoms with Gasteiger partial charge in [0, 0.05) is 18.1 Å². The van der Waals surface area contributed by atoms with E-state index in [0.717, 1.165) is 22.7 Å². The number of nitrogen functional groups attached to an aromatic ring is 1. The van der Waals surface area contributed by atoms with Crippen molar-refractivity contribution < 1.29 is 4.92 Å². The summed E-state index contributed by atoms with van der Waals surface area (Å²) in [5.41, 5.74) is 5.46. The molecule has 0 saturated heterocycles. The van der Waals surface area contributed by atoms with Crippen LogP contribution in [0.15, 0.2) is 11.2 Å². The number of nitrogens with zero attached hydrogens (tertiary/aromatic N) is 3. The summed E-state index contributed by atoms with van der Waals surface area (Å²) in [7, 11) is 0. The van der Waals surface area contributed by atoms with Gasteiger partial charge in [0.2, 0.25) is 5.13 Å². The molecule has 7 nitrogen and oxygen atoms in total. The molecule has 0 spiro atoms. The van der Waals surface area contributed by atoms with E-state index < -0.39 is 4.92 Å². The largest absolute Gasteiger partial charge is 0.374 e. The zero-order valence-corrected chi connectivity index (χ0v) is 12.1. The van der Waals surface area contributed by atoms with Gasteiger partial charge in [0.25, 0.3) is 6.20 Å². The number of rotatable bonds is 8. The first-order valence-electron chi connectivity index (χ1n) is 4.90. The van der Waals surface area contributed by atoms with E-state index in [1.54, 1.807) is 18.0 Å². The second-order valence-electron chi connectivity index (χ2n) is 3.00. The number of aromatic nitrogens is 2. The Morgan fingerprint density at radius 3 is 3.00 bits per heavy atom. The Balaban J connectivity index is 2.16. The fourth-order valence-electron chi connectivity index (χ4n) is 0.997. The first-order valence-corrected chi connectivity index (χ1v) is 8.10. The first-order chi connectivity index (χ1) is 8.61. The van der Waals surface area contributed by atoms with Crippen LogP contribution in [0, 0.1) is 10.1 Å². The monoisotopic (exact) mass is 307 g/mol. The highest BCUT2D eigenvalue weighted by Crippen LogP contribution is 2.17. The summed E-state index contributed by atoms with van der Waals surface area (Å²) in [6.07, 6.45) is 2.76. The van der Waals surface area contributed by atoms with E-state index in [2.05, 4.69) is 15.5 Å². The van der Waals surface area contributed by atoms with Gasteiger partial charge in [0.15, 0.2) is 0 Å². The van der Waals surface area contributed by atoms with E-state index >= 15 is 0 Å². The number of thioether (sulfide) groups is 2. The van der Waals surface area contributed by atoms with Gasteiger partial charge in [-0.15, -0.1) is 22.0 Å². The third-order valence-electron chi connectivity index (χ3n) is 1.70. The Morgan fingerprint density at radius 1 is 1.67 bits per heavy atom. The van der Waals surface area contributed by atoms with Crippen molar-refractivity contribution in [2.45, 2.75) is 5.75 Å². The maximum atomic E-state index is 10.3. The topological polar surface area (TPSA) is 107 Å². The molecule has 1 aromatic rings. The second-order valence-corrected chi connectivity index (χ2v) is 6.04. The minimum absolute atomic E-state index is 0.462. The lowest BCUT2D eigenvalue weighted by Crippen LogP contribution is -2.15. The van der Waals surface area contributed by atoms with Crippen LogP contribution in [-0.2, 0) is 5.75 Å². The standard InChI is InChI=1S/C8H13N5O2S3/c1-16-6(4-13(14)15)10-2-3-17-5-7-11-12-8(9)18-7/h4,10H,2-3,5H2,1H3,(H2,9,12). The molecule has 0 unspecified atom stereocenters. The summed E-state index contributed by atoms with van der Waals surface area (Å²) in [6, 6.07) is 0. The molecule has 10 heteroatoms. The van der Waals surface area contributed by atoms with Crippen molar-refractivity contribution in [1.82, 2.24) is 15.5 Å². The van der Waals surface area contributed by atoms with Crippen molar-refractivity contribution in [2.75, 3.05) is 24.3 Å². The summed E-state index contributed by atoms with van der Waals surface area (Å²) >= 11 is 4.37. The molecule has 0 aliphatic rings. The van der Waals surface area contributed by atoms with Crippen molar-refractivity contribution in [3.63, 3.8) is 0 Å². The number of hydrogen-bond donors (Lipinski definition) is 2. The Labute approximate surface area is 117 Å². The quantitative estimate of drug-likeness (QED) is 0.421. The lowest BCUT2D eigenvalue weighted by molar-refractivity contribution is -0.403. The molecule has 0 fully saturated rings. The molecule has 3 N–H and O–H groups in total. The predicted octanol–water partition coefficient (Wildman–Crippen LogP) is 1.38. The Morgan fingerprint density at radius 2 is 2.44 bits per heavy atom. The van der Waals surface area contributed by atoms with Gasteiger partial charge in [-0.2, -0.15) is 11.8 Å². The van der Waals surface area contributed by atoms with Crippen LogP contribution in [0.5, 0.6) is 0 Å². The summed E-state index contributed by atoms with van der Waals surface area (Å²) in [5.74, 6) is 1.58. The highest BCUT2D eigenvalue weighted by atomic mass is 32.2. The highest BCUT2D eigenvalue weighted by Gasteiger charge is 2.02. The molecule has 0 radical (unpaired) electrons. The second kappa shape index (κ2) is 8.16. The average molecular weight is 307 g/mol. The van der Waals surface area contributed by atoms with Crippen LogP contribution in [-0.4, -0.2) is 33.7 Å². The molecule has 0 aliphatic heterocycles. The number of nitrogens with two attached hydrogens (primary N) is 1. The van der Waals surface area contributed by atoms with Crippen LogP contribution >= 0.6 is 34.9 Å². The zero-order chi connectivity index (χ0) is 13.4. The van der Waals surface area contributed by atoms with Crippen molar-refractivity contribution in [3.05, 3.63) is 26.4 Å². The summed E-state index contributed by atoms with van der Waals surface area (Å²) < 4.78 is 0. The number of anilines is 1. The van der Waals surface area contributed by atoms with Crippen LogP contribution in [0.3, 0.4) is 0 Å². The molecule has 1 rings (SSSR count). The Hall–Kier alpha value is -1.00. The van der Waals surface area contributed by atoms with Crippen LogP contribution < -0.4 is 11.1 Å². The average Bonchev–Trinajstić information content (AvgIpc) is 2.72. The molecule has 0 bridgehead atoms. The van der Waals surface area contributed by atoms with E-state index in [9.17, 15) is 10.1 Å². The van der Waals surface area contributed by atoms with Gasteiger partial charge in [-0.3, -0.25) is 10.1 Å². The minimum atomic E-state index is -0.462. The van der Waals surface area contributed by atoms with Crippen molar-refractivity contribution >= 4 is 40.0 Å². The fourth-order valence-corrected chi connectivity index (χ4v) is 2.95. The lowest BCUT2D eigenvalue weighted by atomic mass is 10.7. The van der Waals surface area contributed by atoms with Crippen molar-refractivity contribution in [3.8, 4) is 0 Å². The molecule has 18 heavy (non-hydrogen) atoms. The third-order valence-corrected chi connectivity index (χ3v) is 4.29.